The maximum Gasteiger partial charge on any atom is 0.501 e. The molecule has 0 aromatic heterocycles. The molecule has 262 valence electrons. The molecule has 0 unspecified atom stereocenters. The number of halogens is 4. The van der Waals surface area contributed by atoms with Crippen LogP contribution in [0.25, 0.3) is 0 Å². The fourth-order valence-electron chi connectivity index (χ4n) is 6.97. The van der Waals surface area contributed by atoms with Gasteiger partial charge in [-0.25, -0.2) is 12.8 Å². The van der Waals surface area contributed by atoms with E-state index in [9.17, 15) is 46.2 Å². The summed E-state index contributed by atoms with van der Waals surface area (Å²) in [5.41, 5.74) is -6.03. The molecule has 4 N–H and O–H groups in total. The fourth-order valence-corrected chi connectivity index (χ4v) is 7.78. The molecule has 0 radical (unpaired) electrons. The van der Waals surface area contributed by atoms with Gasteiger partial charge in [0.15, 0.2) is 11.6 Å². The molecule has 12 nitrogen and oxygen atoms in total. The van der Waals surface area contributed by atoms with Crippen LogP contribution < -0.4 is 20.1 Å². The van der Waals surface area contributed by atoms with Gasteiger partial charge in [0, 0.05) is 29.6 Å². The second kappa shape index (κ2) is 13.5. The summed E-state index contributed by atoms with van der Waals surface area (Å²) in [4.78, 5) is 37.9. The molecule has 0 saturated heterocycles. The van der Waals surface area contributed by atoms with Gasteiger partial charge in [-0.3, -0.25) is 14.4 Å². The van der Waals surface area contributed by atoms with Crippen molar-refractivity contribution >= 4 is 33.3 Å². The lowest BCUT2D eigenvalue weighted by molar-refractivity contribution is -0.147. The molecule has 0 aliphatic heterocycles. The summed E-state index contributed by atoms with van der Waals surface area (Å²) in [7, 11) is -3.21. The lowest BCUT2D eigenvalue weighted by Crippen LogP contribution is -2.55. The second-order valence-corrected chi connectivity index (χ2v) is 14.1. The number of carbonyl (C=O) groups excluding carboxylic acids is 3. The van der Waals surface area contributed by atoms with E-state index in [0.29, 0.717) is 31.7 Å². The highest BCUT2D eigenvalue weighted by Gasteiger charge is 2.60. The summed E-state index contributed by atoms with van der Waals surface area (Å²) in [6, 6.07) is 4.53. The minimum Gasteiger partial charge on any atom is -0.496 e. The monoisotopic (exact) mass is 702 g/mol. The molecule has 0 heterocycles. The predicted octanol–water partition coefficient (Wildman–Crippen LogP) is 2.96. The second-order valence-electron chi connectivity index (χ2n) is 12.1. The Morgan fingerprint density at radius 2 is 1.60 bits per heavy atom. The largest absolute Gasteiger partial charge is 0.501 e. The van der Waals surface area contributed by atoms with E-state index in [4.69, 9.17) is 14.2 Å². The van der Waals surface area contributed by atoms with Crippen molar-refractivity contribution in [2.45, 2.75) is 66.9 Å². The summed E-state index contributed by atoms with van der Waals surface area (Å²) in [6.45, 7) is 0. The number of methoxy groups -OCH3 is 2. The summed E-state index contributed by atoms with van der Waals surface area (Å²) >= 11 is 0. The third-order valence-corrected chi connectivity index (χ3v) is 10.9. The van der Waals surface area contributed by atoms with Crippen molar-refractivity contribution in [2.75, 3.05) is 19.5 Å². The van der Waals surface area contributed by atoms with Crippen molar-refractivity contribution in [3.63, 3.8) is 0 Å². The number of aliphatic hydroxyl groups excluding tert-OH is 2. The first-order valence-corrected chi connectivity index (χ1v) is 16.6. The highest BCUT2D eigenvalue weighted by molar-refractivity contribution is 7.92. The van der Waals surface area contributed by atoms with E-state index < -0.39 is 80.0 Å². The van der Waals surface area contributed by atoms with Gasteiger partial charge >= 0.3 is 11.5 Å². The fraction of sp³-hybridized carbons (Fsp3) is 0.516. The number of sulfone groups is 1. The van der Waals surface area contributed by atoms with E-state index >= 15 is 4.39 Å². The zero-order chi connectivity index (χ0) is 35.1. The Morgan fingerprint density at radius 3 is 2.23 bits per heavy atom. The summed E-state index contributed by atoms with van der Waals surface area (Å²) in [5, 5.41) is 26.3. The number of carbonyl (C=O) groups is 3. The van der Waals surface area contributed by atoms with Crippen LogP contribution in [0.4, 0.5) is 23.2 Å². The van der Waals surface area contributed by atoms with E-state index in [1.165, 1.54) is 20.3 Å². The smallest absolute Gasteiger partial charge is 0.496 e. The van der Waals surface area contributed by atoms with Gasteiger partial charge in [-0.2, -0.15) is 13.2 Å². The first kappa shape index (κ1) is 35.3. The summed E-state index contributed by atoms with van der Waals surface area (Å²) < 4.78 is 94.0. The van der Waals surface area contributed by atoms with Crippen LogP contribution in [0.15, 0.2) is 41.3 Å². The number of rotatable bonds is 9. The van der Waals surface area contributed by atoms with E-state index in [1.807, 2.05) is 0 Å². The standard InChI is InChI=1S/C31H34F4N2O10S/c1-45-22-13-21(32)23(47-16-8-6-14(7-9-16)30(42)46-2)12-18(22)28(40)37-25-20-11-19(26(38)27(20)39)24(25)29(41)36-15-4-3-5-17(10-15)48(43,44)31(33,34)35/h3-5,10,12-14,16,19-20,24-27,38-39H,6-9,11H2,1-2H3,(H,36,41)(H,37,40)/t14-,16+,19-,20+,24+,25-,26-,27+/m1/s1. The number of fused-ring (bicyclic) bond motifs is 2. The molecule has 48 heavy (non-hydrogen) atoms. The van der Waals surface area contributed by atoms with Crippen molar-refractivity contribution in [3.8, 4) is 11.5 Å². The van der Waals surface area contributed by atoms with Crippen molar-refractivity contribution < 1.29 is 64.8 Å². The van der Waals surface area contributed by atoms with Gasteiger partial charge in [-0.15, -0.1) is 0 Å². The molecular weight excluding hydrogens is 668 g/mol. The molecule has 2 amide bonds. The van der Waals surface area contributed by atoms with E-state index in [2.05, 4.69) is 10.6 Å². The van der Waals surface area contributed by atoms with Gasteiger partial charge in [0.05, 0.1) is 54.8 Å². The highest BCUT2D eigenvalue weighted by atomic mass is 32.2. The summed E-state index contributed by atoms with van der Waals surface area (Å²) in [6.07, 6.45) is -1.23. The minimum absolute atomic E-state index is 0.108. The number of alkyl halides is 3. The van der Waals surface area contributed by atoms with Gasteiger partial charge in [0.25, 0.3) is 15.7 Å². The molecule has 3 saturated carbocycles. The van der Waals surface area contributed by atoms with E-state index in [1.54, 1.807) is 0 Å². The zero-order valence-corrected chi connectivity index (χ0v) is 26.5. The molecule has 5 rings (SSSR count). The average molecular weight is 703 g/mol. The maximum atomic E-state index is 15.0. The number of aliphatic hydroxyl groups is 2. The lowest BCUT2D eigenvalue weighted by atomic mass is 9.80. The number of amides is 2. The zero-order valence-electron chi connectivity index (χ0n) is 25.7. The molecule has 2 aromatic rings. The molecule has 2 bridgehead atoms. The topological polar surface area (TPSA) is 178 Å². The molecule has 6 atom stereocenters. The molecule has 3 aliphatic carbocycles. The number of nitrogens with one attached hydrogen (secondary N) is 2. The Hall–Kier alpha value is -3.96. The van der Waals surface area contributed by atoms with Crippen LogP contribution in [-0.4, -0.2) is 80.5 Å². The first-order chi connectivity index (χ1) is 22.6. The van der Waals surface area contributed by atoms with Gasteiger partial charge in [0.2, 0.25) is 5.91 Å². The summed E-state index contributed by atoms with van der Waals surface area (Å²) in [5.74, 6) is -6.44. The van der Waals surface area contributed by atoms with Crippen LogP contribution in [0, 0.1) is 29.5 Å². The van der Waals surface area contributed by atoms with Crippen molar-refractivity contribution in [2.24, 2.45) is 23.7 Å². The molecule has 3 aliphatic rings. The van der Waals surface area contributed by atoms with Crippen LogP contribution in [0.3, 0.4) is 0 Å². The Kier molecular flexibility index (Phi) is 9.95. The average Bonchev–Trinajstić information content (AvgIpc) is 3.56. The van der Waals surface area contributed by atoms with E-state index in [0.717, 1.165) is 24.3 Å². The predicted molar refractivity (Wildman–Crippen MR) is 158 cm³/mol. The lowest BCUT2D eigenvalue weighted by Gasteiger charge is -2.36. The minimum atomic E-state index is -5.71. The quantitative estimate of drug-likeness (QED) is 0.225. The Labute approximate surface area is 272 Å². The Morgan fingerprint density at radius 1 is 0.938 bits per heavy atom. The SMILES string of the molecule is COc1cc(F)c(O[C@H]2CC[C@@H](C(=O)OC)CC2)cc1C(=O)N[C@@H]1[C@@H]2C[C@@H]([C@@H](O)[C@H]2O)[C@@H]1C(=O)Nc1cccc(S(=O)(=O)C(F)(F)F)c1. The number of ether oxygens (including phenoxy) is 3. The molecule has 17 heteroatoms. The van der Waals surface area contributed by atoms with Crippen LogP contribution >= 0.6 is 0 Å². The Bertz CT molecular complexity index is 1680. The van der Waals surface area contributed by atoms with Crippen LogP contribution in [0.1, 0.15) is 42.5 Å². The van der Waals surface area contributed by atoms with Crippen LogP contribution in [-0.2, 0) is 24.2 Å². The van der Waals surface area contributed by atoms with Gasteiger partial charge in [-0.05, 0) is 56.4 Å². The number of anilines is 1. The highest BCUT2D eigenvalue weighted by Crippen LogP contribution is 2.49. The Balaban J connectivity index is 1.36. The first-order valence-electron chi connectivity index (χ1n) is 15.1. The van der Waals surface area contributed by atoms with Crippen molar-refractivity contribution in [1.29, 1.82) is 0 Å². The van der Waals surface area contributed by atoms with Crippen LogP contribution in [0.5, 0.6) is 11.5 Å². The number of hydrogen-bond acceptors (Lipinski definition) is 10. The number of hydrogen-bond donors (Lipinski definition) is 4. The van der Waals surface area contributed by atoms with Gasteiger partial charge < -0.3 is 35.1 Å². The maximum absolute atomic E-state index is 15.0. The van der Waals surface area contributed by atoms with Gasteiger partial charge in [0.1, 0.15) is 5.75 Å². The van der Waals surface area contributed by atoms with E-state index in [-0.39, 0.29) is 41.1 Å². The van der Waals surface area contributed by atoms with Crippen LogP contribution in [0.2, 0.25) is 0 Å². The molecule has 3 fully saturated rings. The van der Waals surface area contributed by atoms with Gasteiger partial charge in [-0.1, -0.05) is 6.07 Å². The normalized spacial score (nSPS) is 28.4. The third-order valence-electron chi connectivity index (χ3n) is 9.40. The molecule has 2 aromatic carbocycles. The number of benzene rings is 2. The molecule has 0 spiro atoms. The van der Waals surface area contributed by atoms with Crippen molar-refractivity contribution in [3.05, 3.63) is 47.8 Å². The number of esters is 1. The van der Waals surface area contributed by atoms with Crippen molar-refractivity contribution in [1.82, 2.24) is 5.32 Å². The molecular formula is C31H34F4N2O10S. The third kappa shape index (κ3) is 6.67.